The van der Waals surface area contributed by atoms with Crippen molar-refractivity contribution in [1.29, 1.82) is 0 Å². The van der Waals surface area contributed by atoms with Crippen molar-refractivity contribution in [2.24, 2.45) is 11.3 Å². The molecule has 3 atom stereocenters. The van der Waals surface area contributed by atoms with Gasteiger partial charge in [0, 0.05) is 25.7 Å². The molecule has 1 heterocycles. The Morgan fingerprint density at radius 3 is 2.83 bits per heavy atom. The number of likely N-dealkylation sites (N-methyl/N-ethyl adjacent to an activating group) is 1. The highest BCUT2D eigenvalue weighted by atomic mass is 16.5. The van der Waals surface area contributed by atoms with Crippen LogP contribution in [-0.2, 0) is 4.74 Å². The Balaban J connectivity index is 1.73. The third kappa shape index (κ3) is 3.94. The monoisotopic (exact) mass is 254 g/mol. The van der Waals surface area contributed by atoms with Gasteiger partial charge in [0.15, 0.2) is 0 Å². The largest absolute Gasteiger partial charge is 0.374 e. The minimum atomic E-state index is 0.380. The minimum absolute atomic E-state index is 0.380. The van der Waals surface area contributed by atoms with Crippen molar-refractivity contribution in [2.75, 3.05) is 33.3 Å². The summed E-state index contributed by atoms with van der Waals surface area (Å²) >= 11 is 0. The fourth-order valence-corrected chi connectivity index (χ4v) is 3.52. The first-order chi connectivity index (χ1) is 8.46. The molecule has 2 rings (SSSR count). The van der Waals surface area contributed by atoms with Crippen LogP contribution in [0.3, 0.4) is 0 Å². The first-order valence-corrected chi connectivity index (χ1v) is 7.50. The molecular formula is C15H30N2O. The maximum atomic E-state index is 5.81. The second-order valence-corrected chi connectivity index (χ2v) is 7.15. The molecule has 3 nitrogen and oxygen atoms in total. The van der Waals surface area contributed by atoms with Gasteiger partial charge in [-0.15, -0.1) is 0 Å². The van der Waals surface area contributed by atoms with Gasteiger partial charge in [-0.1, -0.05) is 20.8 Å². The minimum Gasteiger partial charge on any atom is -0.374 e. The van der Waals surface area contributed by atoms with E-state index in [9.17, 15) is 0 Å². The summed E-state index contributed by atoms with van der Waals surface area (Å²) in [7, 11) is 2.18. The maximum Gasteiger partial charge on any atom is 0.0826 e. The number of nitrogens with zero attached hydrogens (tertiary/aromatic N) is 1. The van der Waals surface area contributed by atoms with Crippen LogP contribution in [0.25, 0.3) is 0 Å². The molecule has 1 aliphatic carbocycles. The fraction of sp³-hybridized carbons (Fsp3) is 1.00. The smallest absolute Gasteiger partial charge is 0.0826 e. The number of hydrogen-bond donors (Lipinski definition) is 1. The lowest BCUT2D eigenvalue weighted by Crippen LogP contribution is -2.49. The molecular weight excluding hydrogens is 224 g/mol. The zero-order valence-electron chi connectivity index (χ0n) is 12.5. The molecule has 0 spiro atoms. The average molecular weight is 254 g/mol. The Morgan fingerprint density at radius 2 is 2.17 bits per heavy atom. The molecule has 3 unspecified atom stereocenters. The lowest BCUT2D eigenvalue weighted by molar-refractivity contribution is -0.0214. The van der Waals surface area contributed by atoms with Gasteiger partial charge in [-0.3, -0.25) is 0 Å². The Morgan fingerprint density at radius 1 is 1.39 bits per heavy atom. The molecule has 2 fully saturated rings. The molecule has 1 saturated carbocycles. The molecule has 3 heteroatoms. The first kappa shape index (κ1) is 14.3. The zero-order valence-corrected chi connectivity index (χ0v) is 12.5. The molecule has 0 amide bonds. The molecule has 1 saturated heterocycles. The summed E-state index contributed by atoms with van der Waals surface area (Å²) < 4.78 is 5.81. The second kappa shape index (κ2) is 5.89. The van der Waals surface area contributed by atoms with E-state index in [-0.39, 0.29) is 0 Å². The van der Waals surface area contributed by atoms with E-state index in [0.717, 1.165) is 32.2 Å². The molecule has 0 radical (unpaired) electrons. The molecule has 18 heavy (non-hydrogen) atoms. The van der Waals surface area contributed by atoms with Crippen LogP contribution in [0.2, 0.25) is 0 Å². The molecule has 0 aromatic carbocycles. The van der Waals surface area contributed by atoms with Crippen LogP contribution in [0.4, 0.5) is 0 Å². The topological polar surface area (TPSA) is 24.5 Å². The maximum absolute atomic E-state index is 5.81. The third-order valence-electron chi connectivity index (χ3n) is 4.64. The van der Waals surface area contributed by atoms with Crippen molar-refractivity contribution in [3.05, 3.63) is 0 Å². The quantitative estimate of drug-likeness (QED) is 0.835. The summed E-state index contributed by atoms with van der Waals surface area (Å²) in [5.74, 6) is 0.787. The Bertz CT molecular complexity index is 267. The number of nitrogens with one attached hydrogen (secondary N) is 1. The highest BCUT2D eigenvalue weighted by Gasteiger charge is 2.32. The summed E-state index contributed by atoms with van der Waals surface area (Å²) in [5, 5.41) is 3.75. The lowest BCUT2D eigenvalue weighted by Gasteiger charge is -2.40. The van der Waals surface area contributed by atoms with E-state index < -0.39 is 0 Å². The van der Waals surface area contributed by atoms with Crippen LogP contribution >= 0.6 is 0 Å². The average Bonchev–Trinajstić information content (AvgIpc) is 2.27. The summed E-state index contributed by atoms with van der Waals surface area (Å²) in [6.45, 7) is 11.2. The van der Waals surface area contributed by atoms with Crippen LogP contribution in [0.1, 0.15) is 40.0 Å². The molecule has 1 aliphatic heterocycles. The highest BCUT2D eigenvalue weighted by Crippen LogP contribution is 2.38. The van der Waals surface area contributed by atoms with Gasteiger partial charge in [0.1, 0.15) is 0 Å². The molecule has 0 aromatic rings. The molecule has 2 aliphatic rings. The van der Waals surface area contributed by atoms with Gasteiger partial charge in [0.25, 0.3) is 0 Å². The van der Waals surface area contributed by atoms with E-state index in [2.05, 4.69) is 38.0 Å². The fourth-order valence-electron chi connectivity index (χ4n) is 3.52. The summed E-state index contributed by atoms with van der Waals surface area (Å²) in [4.78, 5) is 2.36. The van der Waals surface area contributed by atoms with Gasteiger partial charge >= 0.3 is 0 Å². The Hall–Kier alpha value is -0.120. The van der Waals surface area contributed by atoms with Crippen molar-refractivity contribution in [3.8, 4) is 0 Å². The van der Waals surface area contributed by atoms with Crippen molar-refractivity contribution >= 4 is 0 Å². The lowest BCUT2D eigenvalue weighted by atomic mass is 9.70. The van der Waals surface area contributed by atoms with Crippen molar-refractivity contribution in [1.82, 2.24) is 10.2 Å². The SMILES string of the molecule is CC1CC(C)(C)CCC1NCC1CN(C)CCO1. The van der Waals surface area contributed by atoms with Crippen molar-refractivity contribution < 1.29 is 4.74 Å². The van der Waals surface area contributed by atoms with Gasteiger partial charge < -0.3 is 15.0 Å². The van der Waals surface area contributed by atoms with Crippen molar-refractivity contribution in [2.45, 2.75) is 52.2 Å². The van der Waals surface area contributed by atoms with Crippen molar-refractivity contribution in [3.63, 3.8) is 0 Å². The summed E-state index contributed by atoms with van der Waals surface area (Å²) in [6, 6.07) is 0.689. The molecule has 0 aromatic heterocycles. The number of morpholine rings is 1. The predicted octanol–water partition coefficient (Wildman–Crippen LogP) is 2.12. The van der Waals surface area contributed by atoms with Gasteiger partial charge in [-0.2, -0.15) is 0 Å². The van der Waals surface area contributed by atoms with Gasteiger partial charge in [0.2, 0.25) is 0 Å². The number of ether oxygens (including phenoxy) is 1. The van der Waals surface area contributed by atoms with E-state index in [0.29, 0.717) is 17.6 Å². The number of hydrogen-bond acceptors (Lipinski definition) is 3. The number of rotatable bonds is 3. The molecule has 0 bridgehead atoms. The highest BCUT2D eigenvalue weighted by molar-refractivity contribution is 4.87. The Kier molecular flexibility index (Phi) is 4.68. The van der Waals surface area contributed by atoms with E-state index >= 15 is 0 Å². The van der Waals surface area contributed by atoms with Crippen LogP contribution in [0, 0.1) is 11.3 Å². The van der Waals surface area contributed by atoms with Crippen LogP contribution in [-0.4, -0.2) is 50.3 Å². The van der Waals surface area contributed by atoms with Gasteiger partial charge in [-0.05, 0) is 37.6 Å². The molecule has 1 N–H and O–H groups in total. The standard InChI is InChI=1S/C15H30N2O/c1-12-9-15(2,3)6-5-14(12)16-10-13-11-17(4)7-8-18-13/h12-14,16H,5-11H2,1-4H3. The van der Waals surface area contributed by atoms with Crippen LogP contribution < -0.4 is 5.32 Å². The van der Waals surface area contributed by atoms with Gasteiger partial charge in [0.05, 0.1) is 12.7 Å². The summed E-state index contributed by atoms with van der Waals surface area (Å²) in [6.07, 6.45) is 4.39. The first-order valence-electron chi connectivity index (χ1n) is 7.50. The Labute approximate surface area is 112 Å². The van der Waals surface area contributed by atoms with E-state index in [1.54, 1.807) is 0 Å². The molecule has 106 valence electrons. The normalized spacial score (nSPS) is 37.7. The second-order valence-electron chi connectivity index (χ2n) is 7.15. The third-order valence-corrected chi connectivity index (χ3v) is 4.64. The predicted molar refractivity (Wildman–Crippen MR) is 75.8 cm³/mol. The van der Waals surface area contributed by atoms with E-state index in [1.807, 2.05) is 0 Å². The van der Waals surface area contributed by atoms with E-state index in [1.165, 1.54) is 19.3 Å². The van der Waals surface area contributed by atoms with Crippen LogP contribution in [0.5, 0.6) is 0 Å². The van der Waals surface area contributed by atoms with Gasteiger partial charge in [-0.25, -0.2) is 0 Å². The van der Waals surface area contributed by atoms with E-state index in [4.69, 9.17) is 4.74 Å². The zero-order chi connectivity index (χ0) is 13.2. The summed E-state index contributed by atoms with van der Waals surface area (Å²) in [5.41, 5.74) is 0.541. The van der Waals surface area contributed by atoms with Crippen LogP contribution in [0.15, 0.2) is 0 Å².